The van der Waals surface area contributed by atoms with E-state index in [-0.39, 0.29) is 16.2 Å². The van der Waals surface area contributed by atoms with Crippen molar-refractivity contribution in [1.82, 2.24) is 4.31 Å². The summed E-state index contributed by atoms with van der Waals surface area (Å²) in [4.78, 5) is 11.4. The number of methoxy groups -OCH3 is 1. The molecule has 112 valence electrons. The second-order valence-corrected chi connectivity index (χ2v) is 7.02. The fraction of sp³-hybridized carbons (Fsp3) is 0.417. The summed E-state index contributed by atoms with van der Waals surface area (Å²) in [6.07, 6.45) is 1.89. The number of phenolic OH excluding ortho intramolecular Hbond substituents is 1. The first-order valence-electron chi connectivity index (χ1n) is 5.71. The molecule has 0 bridgehead atoms. The van der Waals surface area contributed by atoms with Gasteiger partial charge in [0.05, 0.1) is 12.0 Å². The molecule has 0 saturated heterocycles. The maximum atomic E-state index is 12.3. The summed E-state index contributed by atoms with van der Waals surface area (Å²) < 4.78 is 30.3. The molecular formula is C12H17NO5S2. The van der Waals surface area contributed by atoms with Crippen molar-refractivity contribution in [2.75, 3.05) is 32.7 Å². The molecule has 0 aliphatic carbocycles. The normalized spacial score (nSPS) is 11.6. The van der Waals surface area contributed by atoms with Gasteiger partial charge in [-0.3, -0.25) is 0 Å². The molecule has 0 amide bonds. The van der Waals surface area contributed by atoms with Crippen LogP contribution >= 0.6 is 11.8 Å². The third-order valence-electron chi connectivity index (χ3n) is 2.69. The van der Waals surface area contributed by atoms with Crippen LogP contribution < -0.4 is 0 Å². The first-order valence-corrected chi connectivity index (χ1v) is 8.54. The van der Waals surface area contributed by atoms with Gasteiger partial charge < -0.3 is 9.84 Å². The van der Waals surface area contributed by atoms with E-state index < -0.39 is 16.0 Å². The lowest BCUT2D eigenvalue weighted by Crippen LogP contribution is -2.29. The Morgan fingerprint density at radius 3 is 2.65 bits per heavy atom. The van der Waals surface area contributed by atoms with E-state index in [1.807, 2.05) is 6.26 Å². The molecule has 0 atom stereocenters. The zero-order valence-electron chi connectivity index (χ0n) is 11.5. The fourth-order valence-electron chi connectivity index (χ4n) is 1.47. The van der Waals surface area contributed by atoms with Crippen molar-refractivity contribution >= 4 is 27.8 Å². The fourth-order valence-corrected chi connectivity index (χ4v) is 3.24. The molecule has 1 N–H and O–H groups in total. The van der Waals surface area contributed by atoms with Crippen molar-refractivity contribution < 1.29 is 23.1 Å². The Kier molecular flexibility index (Phi) is 5.85. The van der Waals surface area contributed by atoms with E-state index >= 15 is 0 Å². The highest BCUT2D eigenvalue weighted by atomic mass is 32.2. The van der Waals surface area contributed by atoms with Gasteiger partial charge in [-0.15, -0.1) is 0 Å². The number of hydrogen-bond donors (Lipinski definition) is 1. The van der Waals surface area contributed by atoms with Crippen LogP contribution in [-0.4, -0.2) is 56.5 Å². The number of hydrogen-bond acceptors (Lipinski definition) is 6. The van der Waals surface area contributed by atoms with E-state index in [4.69, 9.17) is 0 Å². The van der Waals surface area contributed by atoms with E-state index in [0.717, 1.165) is 13.2 Å². The molecule has 1 aromatic rings. The van der Waals surface area contributed by atoms with Crippen LogP contribution in [0.25, 0.3) is 0 Å². The van der Waals surface area contributed by atoms with Crippen LogP contribution in [0.2, 0.25) is 0 Å². The Hall–Kier alpha value is -1.25. The topological polar surface area (TPSA) is 83.9 Å². The predicted molar refractivity (Wildman–Crippen MR) is 77.6 cm³/mol. The number of carbonyl (C=O) groups is 1. The summed E-state index contributed by atoms with van der Waals surface area (Å²) in [7, 11) is -1.06. The highest BCUT2D eigenvalue weighted by Crippen LogP contribution is 2.23. The van der Waals surface area contributed by atoms with Crippen molar-refractivity contribution in [3.8, 4) is 5.75 Å². The summed E-state index contributed by atoms with van der Waals surface area (Å²) in [6, 6.07) is 3.54. The van der Waals surface area contributed by atoms with Gasteiger partial charge >= 0.3 is 5.97 Å². The Labute approximate surface area is 122 Å². The van der Waals surface area contributed by atoms with Gasteiger partial charge in [0, 0.05) is 19.3 Å². The Balaban J connectivity index is 3.16. The van der Waals surface area contributed by atoms with Crippen LogP contribution in [0.4, 0.5) is 0 Å². The number of ether oxygens (including phenoxy) is 1. The largest absolute Gasteiger partial charge is 0.507 e. The minimum absolute atomic E-state index is 0.0562. The van der Waals surface area contributed by atoms with Crippen LogP contribution in [0.15, 0.2) is 23.1 Å². The molecule has 1 aromatic carbocycles. The summed E-state index contributed by atoms with van der Waals surface area (Å²) >= 11 is 1.54. The van der Waals surface area contributed by atoms with Crippen LogP contribution in [0.3, 0.4) is 0 Å². The van der Waals surface area contributed by atoms with Crippen molar-refractivity contribution in [2.24, 2.45) is 0 Å². The van der Waals surface area contributed by atoms with E-state index in [2.05, 4.69) is 4.74 Å². The predicted octanol–water partition coefficient (Wildman–Crippen LogP) is 1.16. The summed E-state index contributed by atoms with van der Waals surface area (Å²) in [5.74, 6) is -0.439. The SMILES string of the molecule is COC(=O)c1cc(S(=O)(=O)N(C)CCSC)ccc1O. The van der Waals surface area contributed by atoms with Gasteiger partial charge in [0.15, 0.2) is 0 Å². The second-order valence-electron chi connectivity index (χ2n) is 3.99. The number of phenols is 1. The quantitative estimate of drug-likeness (QED) is 0.792. The molecule has 0 spiro atoms. The number of carbonyl (C=O) groups excluding carboxylic acids is 1. The van der Waals surface area contributed by atoms with Gasteiger partial charge in [0.25, 0.3) is 0 Å². The van der Waals surface area contributed by atoms with Gasteiger partial charge in [-0.25, -0.2) is 17.5 Å². The highest BCUT2D eigenvalue weighted by molar-refractivity contribution is 7.98. The molecule has 8 heteroatoms. The van der Waals surface area contributed by atoms with Crippen LogP contribution in [0, 0.1) is 0 Å². The van der Waals surface area contributed by atoms with Crippen molar-refractivity contribution in [3.05, 3.63) is 23.8 Å². The number of thioether (sulfide) groups is 1. The number of nitrogens with zero attached hydrogens (tertiary/aromatic N) is 1. The molecule has 6 nitrogen and oxygen atoms in total. The highest BCUT2D eigenvalue weighted by Gasteiger charge is 2.23. The lowest BCUT2D eigenvalue weighted by atomic mass is 10.2. The Morgan fingerprint density at radius 2 is 2.10 bits per heavy atom. The van der Waals surface area contributed by atoms with Gasteiger partial charge in [-0.2, -0.15) is 11.8 Å². The second kappa shape index (κ2) is 6.96. The van der Waals surface area contributed by atoms with E-state index in [1.165, 1.54) is 35.2 Å². The van der Waals surface area contributed by atoms with Gasteiger partial charge in [0.1, 0.15) is 11.3 Å². The number of esters is 1. The minimum Gasteiger partial charge on any atom is -0.507 e. The number of rotatable bonds is 6. The average molecular weight is 319 g/mol. The minimum atomic E-state index is -3.69. The summed E-state index contributed by atoms with van der Waals surface area (Å²) in [6.45, 7) is 0.359. The molecule has 0 aliphatic heterocycles. The summed E-state index contributed by atoms with van der Waals surface area (Å²) in [5.41, 5.74) is -0.174. The Bertz CT molecular complexity index is 586. The van der Waals surface area contributed by atoms with Crippen LogP contribution in [0.5, 0.6) is 5.75 Å². The number of aromatic hydroxyl groups is 1. The van der Waals surface area contributed by atoms with Crippen LogP contribution in [0.1, 0.15) is 10.4 Å². The lowest BCUT2D eigenvalue weighted by Gasteiger charge is -2.17. The molecule has 20 heavy (non-hydrogen) atoms. The maximum Gasteiger partial charge on any atom is 0.341 e. The third-order valence-corrected chi connectivity index (χ3v) is 5.14. The number of benzene rings is 1. The van der Waals surface area contributed by atoms with Gasteiger partial charge in [-0.05, 0) is 24.5 Å². The monoisotopic (exact) mass is 319 g/mol. The smallest absolute Gasteiger partial charge is 0.341 e. The zero-order valence-corrected chi connectivity index (χ0v) is 13.1. The zero-order chi connectivity index (χ0) is 15.3. The third kappa shape index (κ3) is 3.65. The lowest BCUT2D eigenvalue weighted by molar-refractivity contribution is 0.0597. The maximum absolute atomic E-state index is 12.3. The van der Waals surface area contributed by atoms with Gasteiger partial charge in [0.2, 0.25) is 10.0 Å². The van der Waals surface area contributed by atoms with E-state index in [1.54, 1.807) is 0 Å². The molecule has 0 saturated carbocycles. The molecule has 0 unspecified atom stereocenters. The molecule has 0 aromatic heterocycles. The molecule has 0 heterocycles. The van der Waals surface area contributed by atoms with Crippen molar-refractivity contribution in [1.29, 1.82) is 0 Å². The van der Waals surface area contributed by atoms with Crippen molar-refractivity contribution in [3.63, 3.8) is 0 Å². The van der Waals surface area contributed by atoms with E-state index in [0.29, 0.717) is 12.3 Å². The molecule has 1 rings (SSSR count). The first-order chi connectivity index (χ1) is 9.34. The first kappa shape index (κ1) is 16.8. The molecule has 0 aliphatic rings. The van der Waals surface area contributed by atoms with Gasteiger partial charge in [-0.1, -0.05) is 0 Å². The van der Waals surface area contributed by atoms with Crippen molar-refractivity contribution in [2.45, 2.75) is 4.90 Å². The standard InChI is InChI=1S/C12H17NO5S2/c1-13(6-7-19-3)20(16,17)9-4-5-11(14)10(8-9)12(15)18-2/h4-5,8,14H,6-7H2,1-3H3. The Morgan fingerprint density at radius 1 is 1.45 bits per heavy atom. The van der Waals surface area contributed by atoms with E-state index in [9.17, 15) is 18.3 Å². The average Bonchev–Trinajstić information content (AvgIpc) is 2.43. The summed E-state index contributed by atoms with van der Waals surface area (Å²) in [5, 5.41) is 9.57. The van der Waals surface area contributed by atoms with Crippen LogP contribution in [-0.2, 0) is 14.8 Å². The molecule has 0 radical (unpaired) electrons. The molecule has 0 fully saturated rings. The molecular weight excluding hydrogens is 302 g/mol. The number of sulfonamides is 1.